The van der Waals surface area contributed by atoms with Crippen LogP contribution >= 0.6 is 46.0 Å². The summed E-state index contributed by atoms with van der Waals surface area (Å²) in [5.74, 6) is -1.30. The van der Waals surface area contributed by atoms with Gasteiger partial charge in [-0.15, -0.1) is 34.4 Å². The van der Waals surface area contributed by atoms with Gasteiger partial charge < -0.3 is 10.4 Å². The second kappa shape index (κ2) is 14.5. The van der Waals surface area contributed by atoms with Crippen molar-refractivity contribution in [2.75, 3.05) is 5.75 Å². The van der Waals surface area contributed by atoms with Crippen LogP contribution < -0.4 is 5.32 Å². The number of aryl methyl sites for hydroxylation is 2. The molecule has 4 aromatic rings. The van der Waals surface area contributed by atoms with Gasteiger partial charge >= 0.3 is 5.97 Å². The number of carbonyl (C=O) groups excluding carboxylic acids is 2. The Kier molecular flexibility index (Phi) is 10.8. The Morgan fingerprint density at radius 1 is 0.949 bits per heavy atom. The van der Waals surface area contributed by atoms with E-state index in [0.717, 1.165) is 29.7 Å². The van der Waals surface area contributed by atoms with E-state index < -0.39 is 24.3 Å². The predicted octanol–water partition coefficient (Wildman–Crippen LogP) is 7.38. The van der Waals surface area contributed by atoms with Gasteiger partial charge in [-0.3, -0.25) is 14.4 Å². The molecule has 0 radical (unpaired) electrons. The Bertz CT molecular complexity index is 1400. The molecule has 2 aromatic carbocycles. The van der Waals surface area contributed by atoms with E-state index in [1.165, 1.54) is 39.1 Å². The number of carboxylic acid groups (broad SMARTS) is 1. The van der Waals surface area contributed by atoms with Gasteiger partial charge in [0.1, 0.15) is 0 Å². The van der Waals surface area contributed by atoms with Crippen molar-refractivity contribution in [1.29, 1.82) is 0 Å². The molecular formula is C30H28ClNO4S3. The molecule has 0 aliphatic rings. The molecule has 0 saturated heterocycles. The molecule has 2 aromatic heterocycles. The monoisotopic (exact) mass is 597 g/mol. The second-order valence-corrected chi connectivity index (χ2v) is 12.5. The van der Waals surface area contributed by atoms with E-state index in [1.54, 1.807) is 23.5 Å². The van der Waals surface area contributed by atoms with E-state index >= 15 is 0 Å². The molecule has 0 unspecified atom stereocenters. The van der Waals surface area contributed by atoms with Gasteiger partial charge in [-0.25, -0.2) is 0 Å². The van der Waals surface area contributed by atoms with Crippen molar-refractivity contribution >= 4 is 63.7 Å². The van der Waals surface area contributed by atoms with Crippen LogP contribution in [0.3, 0.4) is 0 Å². The molecule has 202 valence electrons. The Hall–Kier alpha value is -2.91. The summed E-state index contributed by atoms with van der Waals surface area (Å²) in [6, 6.07) is 22.7. The molecule has 1 atom stereocenters. The van der Waals surface area contributed by atoms with Crippen molar-refractivity contribution in [3.63, 3.8) is 0 Å². The number of Topliss-reactive ketones (excluding diaryl/α,β-unsaturated/α-hetero) is 1. The fraction of sp³-hybridized carbons (Fsp3) is 0.233. The van der Waals surface area contributed by atoms with E-state index in [0.29, 0.717) is 15.7 Å². The van der Waals surface area contributed by atoms with Crippen LogP contribution in [-0.4, -0.2) is 34.6 Å². The maximum Gasteiger partial charge on any atom is 0.305 e. The number of amides is 1. The number of thioether (sulfide) groups is 1. The first-order valence-corrected chi connectivity index (χ1v) is 15.7. The Labute approximate surface area is 245 Å². The van der Waals surface area contributed by atoms with Crippen LogP contribution in [0.15, 0.2) is 78.2 Å². The van der Waals surface area contributed by atoms with Gasteiger partial charge in [-0.2, -0.15) is 0 Å². The smallest absolute Gasteiger partial charge is 0.305 e. The zero-order valence-electron chi connectivity index (χ0n) is 21.1. The lowest BCUT2D eigenvalue weighted by molar-refractivity contribution is -0.139. The topological polar surface area (TPSA) is 83.5 Å². The maximum atomic E-state index is 12.8. The molecule has 0 aliphatic heterocycles. The van der Waals surface area contributed by atoms with Crippen LogP contribution in [0.5, 0.6) is 0 Å². The molecule has 0 bridgehead atoms. The molecule has 0 saturated carbocycles. The van der Waals surface area contributed by atoms with Crippen molar-refractivity contribution < 1.29 is 19.5 Å². The number of benzene rings is 2. The highest BCUT2D eigenvalue weighted by Gasteiger charge is 2.24. The number of thiophene rings is 2. The number of nitrogens with one attached hydrogen (secondary N) is 1. The Morgan fingerprint density at radius 2 is 1.74 bits per heavy atom. The van der Waals surface area contributed by atoms with Crippen LogP contribution in [0.4, 0.5) is 0 Å². The molecule has 9 heteroatoms. The van der Waals surface area contributed by atoms with E-state index in [-0.39, 0.29) is 11.5 Å². The number of halogens is 1. The summed E-state index contributed by atoms with van der Waals surface area (Å²) in [6.07, 6.45) is 2.26. The van der Waals surface area contributed by atoms with E-state index in [4.69, 9.17) is 11.6 Å². The van der Waals surface area contributed by atoms with Crippen molar-refractivity contribution in [2.45, 2.75) is 37.5 Å². The van der Waals surface area contributed by atoms with Gasteiger partial charge in [0.05, 0.1) is 23.1 Å². The van der Waals surface area contributed by atoms with Crippen molar-refractivity contribution in [3.8, 4) is 10.4 Å². The number of carboxylic acids is 1. The molecular weight excluding hydrogens is 570 g/mol. The lowest BCUT2D eigenvalue weighted by atomic mass is 10.1. The van der Waals surface area contributed by atoms with Crippen LogP contribution in [0.25, 0.3) is 10.4 Å². The van der Waals surface area contributed by atoms with Gasteiger partial charge in [0.15, 0.2) is 5.78 Å². The van der Waals surface area contributed by atoms with Gasteiger partial charge in [-0.1, -0.05) is 60.1 Å². The summed E-state index contributed by atoms with van der Waals surface area (Å²) >= 11 is 10.6. The zero-order chi connectivity index (χ0) is 27.6. The highest BCUT2D eigenvalue weighted by Crippen LogP contribution is 2.26. The lowest BCUT2D eigenvalue weighted by Crippen LogP contribution is -2.43. The number of hydrogen-bond donors (Lipinski definition) is 2. The number of carbonyl (C=O) groups is 3. The van der Waals surface area contributed by atoms with Gasteiger partial charge in [0.25, 0.3) is 5.91 Å². The minimum absolute atomic E-state index is 0.0768. The maximum absolute atomic E-state index is 12.8. The molecule has 4 rings (SSSR count). The highest BCUT2D eigenvalue weighted by molar-refractivity contribution is 7.99. The standard InChI is InChI=1S/C30H28ClNO4S3/c31-24-8-2-1-6-22(24)18-37-19-26(33)25(17-29(34)35)32-30(36)28-15-14-23(39-28)7-3-5-20-10-12-21(13-11-20)27-9-4-16-38-27/h1-2,4,6,8-16,25H,3,5,7,17-19H2,(H,32,36)(H,34,35)/t25-/m0/s1. The molecule has 0 aliphatic carbocycles. The Balaban J connectivity index is 1.26. The molecule has 2 N–H and O–H groups in total. The number of hydrogen-bond acceptors (Lipinski definition) is 6. The van der Waals surface area contributed by atoms with Crippen molar-refractivity contribution in [2.24, 2.45) is 0 Å². The fourth-order valence-electron chi connectivity index (χ4n) is 4.01. The summed E-state index contributed by atoms with van der Waals surface area (Å²) in [5.41, 5.74) is 3.39. The van der Waals surface area contributed by atoms with E-state index in [9.17, 15) is 19.5 Å². The number of rotatable bonds is 14. The molecule has 5 nitrogen and oxygen atoms in total. The SMILES string of the molecule is O=C(O)C[C@H](NC(=O)c1ccc(CCCc2ccc(-c3cccs3)cc2)s1)C(=O)CSCc1ccccc1Cl. The normalized spacial score (nSPS) is 11.7. The summed E-state index contributed by atoms with van der Waals surface area (Å²) in [7, 11) is 0. The van der Waals surface area contributed by atoms with E-state index in [1.807, 2.05) is 24.3 Å². The fourth-order valence-corrected chi connectivity index (χ4v) is 6.95. The predicted molar refractivity (Wildman–Crippen MR) is 162 cm³/mol. The summed E-state index contributed by atoms with van der Waals surface area (Å²) < 4.78 is 0. The highest BCUT2D eigenvalue weighted by atomic mass is 35.5. The largest absolute Gasteiger partial charge is 0.481 e. The third kappa shape index (κ3) is 8.80. The van der Waals surface area contributed by atoms with E-state index in [2.05, 4.69) is 47.1 Å². The molecule has 0 fully saturated rings. The van der Waals surface area contributed by atoms with Gasteiger partial charge in [-0.05, 0) is 65.6 Å². The van der Waals surface area contributed by atoms with Crippen LogP contribution in [0, 0.1) is 0 Å². The first-order valence-electron chi connectivity index (χ1n) is 12.5. The average molecular weight is 598 g/mol. The first kappa shape index (κ1) is 29.1. The van der Waals surface area contributed by atoms with Crippen LogP contribution in [-0.2, 0) is 28.2 Å². The lowest BCUT2D eigenvalue weighted by Gasteiger charge is -2.15. The minimum atomic E-state index is -1.14. The minimum Gasteiger partial charge on any atom is -0.481 e. The van der Waals surface area contributed by atoms with Crippen molar-refractivity contribution in [1.82, 2.24) is 5.32 Å². The number of ketones is 1. The number of aliphatic carboxylic acids is 1. The quantitative estimate of drug-likeness (QED) is 0.158. The van der Waals surface area contributed by atoms with Gasteiger partial charge in [0.2, 0.25) is 0 Å². The Morgan fingerprint density at radius 3 is 2.46 bits per heavy atom. The van der Waals surface area contributed by atoms with Crippen LogP contribution in [0.2, 0.25) is 5.02 Å². The third-order valence-corrected chi connectivity index (χ3v) is 9.50. The summed E-state index contributed by atoms with van der Waals surface area (Å²) in [4.78, 5) is 39.8. The molecule has 2 heterocycles. The summed E-state index contributed by atoms with van der Waals surface area (Å²) in [6.45, 7) is 0. The van der Waals surface area contributed by atoms with Crippen molar-refractivity contribution in [3.05, 3.63) is 104 Å². The average Bonchev–Trinajstić information content (AvgIpc) is 3.62. The zero-order valence-corrected chi connectivity index (χ0v) is 24.3. The third-order valence-electron chi connectivity index (χ3n) is 6.07. The first-order chi connectivity index (χ1) is 18.9. The second-order valence-electron chi connectivity index (χ2n) is 8.97. The molecule has 0 spiro atoms. The van der Waals surface area contributed by atoms with Gasteiger partial charge in [0, 0.05) is 20.5 Å². The summed E-state index contributed by atoms with van der Waals surface area (Å²) in [5, 5.41) is 14.6. The molecule has 39 heavy (non-hydrogen) atoms. The molecule has 1 amide bonds. The van der Waals surface area contributed by atoms with Crippen LogP contribution in [0.1, 0.15) is 38.5 Å².